The second-order valence-electron chi connectivity index (χ2n) is 0. The van der Waals surface area contributed by atoms with E-state index >= 15 is 0 Å². The molecule has 4 heteroatoms. The van der Waals surface area contributed by atoms with Gasteiger partial charge in [-0.25, -0.2) is 0 Å². The molecule has 5 N–H and O–H groups in total. The molecule has 3 nitrogen and oxygen atoms in total. The van der Waals surface area contributed by atoms with Crippen LogP contribution in [-0.4, -0.2) is 16.4 Å². The van der Waals surface area contributed by atoms with Crippen LogP contribution in [0.4, 0.5) is 0 Å². The first-order valence-corrected chi connectivity index (χ1v) is 0. The van der Waals surface area contributed by atoms with Crippen molar-refractivity contribution in [1.29, 1.82) is 0 Å². The summed E-state index contributed by atoms with van der Waals surface area (Å²) in [6, 6.07) is 0. The summed E-state index contributed by atoms with van der Waals surface area (Å²) in [5.41, 5.74) is 0. The van der Waals surface area contributed by atoms with Gasteiger partial charge in [0.15, 0.2) is 0 Å². The summed E-state index contributed by atoms with van der Waals surface area (Å²) >= 11 is 0. The van der Waals surface area contributed by atoms with Gasteiger partial charge in [0.25, 0.3) is 0 Å². The average Bonchev–Trinajstić information content (AvgIpc) is 0. The third-order valence-corrected chi connectivity index (χ3v) is 0. The minimum atomic E-state index is 0. The molecule has 0 aliphatic carbocycles. The first-order valence-electron chi connectivity index (χ1n) is 0. The zero-order chi connectivity index (χ0) is 0. The fourth-order valence-corrected chi connectivity index (χ4v) is 0. The summed E-state index contributed by atoms with van der Waals surface area (Å²) in [5, 5.41) is 0. The molecule has 0 spiro atoms. The van der Waals surface area contributed by atoms with Crippen LogP contribution in [0.5, 0.6) is 0 Å². The van der Waals surface area contributed by atoms with Gasteiger partial charge in [-0.05, 0) is 0 Å². The normalized spacial score (nSPS) is 0. The first kappa shape index (κ1) is 238. The molecule has 0 aromatic carbocycles. The zero-order valence-electron chi connectivity index (χ0n) is 2.45. The van der Waals surface area contributed by atoms with Crippen LogP contribution in [0.2, 0.25) is 0 Å². The first-order chi connectivity index (χ1) is 0. The van der Waals surface area contributed by atoms with E-state index in [-0.39, 0.29) is 35.3 Å². The van der Waals surface area contributed by atoms with Crippen molar-refractivity contribution >= 4 is 0 Å². The molecule has 0 heterocycles. The number of rotatable bonds is 0. The van der Waals surface area contributed by atoms with Gasteiger partial charge >= 0.3 is 18.9 Å². The van der Waals surface area contributed by atoms with Crippen LogP contribution < -0.4 is 18.9 Å². The van der Waals surface area contributed by atoms with Crippen molar-refractivity contribution in [3.05, 3.63) is 0 Å². The Labute approximate surface area is 36.1 Å². The van der Waals surface area contributed by atoms with Gasteiger partial charge in [-0.15, -0.1) is 0 Å². The molecule has 4 heavy (non-hydrogen) atoms. The minimum absolute atomic E-state index is 0. The van der Waals surface area contributed by atoms with Crippen LogP contribution >= 0.6 is 0 Å². The second kappa shape index (κ2) is 93.6. The number of hydrogen-bond donors (Lipinski definition) is 0. The zero-order valence-corrected chi connectivity index (χ0v) is 2.45. The summed E-state index contributed by atoms with van der Waals surface area (Å²) in [7, 11) is 0. The van der Waals surface area contributed by atoms with E-state index in [0.29, 0.717) is 0 Å². The third-order valence-electron chi connectivity index (χ3n) is 0. The van der Waals surface area contributed by atoms with Crippen LogP contribution in [0, 0.1) is 0 Å². The van der Waals surface area contributed by atoms with Gasteiger partial charge in [-0.1, -0.05) is 0 Å². The van der Waals surface area contributed by atoms with Gasteiger partial charge in [0.05, 0.1) is 0 Å². The molecule has 0 aliphatic rings. The minimum Gasteiger partial charge on any atom is -0.870 e. The van der Waals surface area contributed by atoms with E-state index < -0.39 is 0 Å². The van der Waals surface area contributed by atoms with Crippen molar-refractivity contribution in [2.45, 2.75) is 0 Å². The summed E-state index contributed by atoms with van der Waals surface area (Å²) < 4.78 is 0. The largest absolute Gasteiger partial charge is 1.00 e. The van der Waals surface area contributed by atoms with E-state index in [9.17, 15) is 0 Å². The van der Waals surface area contributed by atoms with Gasteiger partial charge in [0, 0.05) is 0 Å². The van der Waals surface area contributed by atoms with Crippen LogP contribution in [-0.2, 0) is 0 Å². The molecule has 0 aromatic heterocycles. The Kier molecular flexibility index (Phi) is 5560. The Balaban J connectivity index is 0. The molecule has 0 amide bonds. The standard InChI is InChI=1S/Li.3H2O/h;3*1H2/q+1;;;/p-1. The maximum absolute atomic E-state index is 0. The van der Waals surface area contributed by atoms with Gasteiger partial charge in [-0.2, -0.15) is 0 Å². The molecular weight excluding hydrogens is 54.9 g/mol. The predicted molar refractivity (Wildman–Crippen MR) is 9.16 cm³/mol. The van der Waals surface area contributed by atoms with E-state index in [1.807, 2.05) is 0 Å². The Morgan fingerprint density at radius 3 is 0.750 bits per heavy atom. The molecule has 24 valence electrons. The summed E-state index contributed by atoms with van der Waals surface area (Å²) in [4.78, 5) is 0. The molecule has 0 aliphatic heterocycles. The van der Waals surface area contributed by atoms with Crippen molar-refractivity contribution in [2.24, 2.45) is 0 Å². The molecule has 0 radical (unpaired) electrons. The Hall–Kier alpha value is 0.477. The average molecular weight is 60.0 g/mol. The van der Waals surface area contributed by atoms with Gasteiger partial charge in [0.1, 0.15) is 0 Å². The Morgan fingerprint density at radius 2 is 0.750 bits per heavy atom. The van der Waals surface area contributed by atoms with Crippen LogP contribution in [0.25, 0.3) is 0 Å². The fourth-order valence-electron chi connectivity index (χ4n) is 0. The fraction of sp³-hybridized carbons (Fsp3) is 0. The topological polar surface area (TPSA) is 93.0 Å². The molecule has 0 fully saturated rings. The summed E-state index contributed by atoms with van der Waals surface area (Å²) in [6.07, 6.45) is 0. The van der Waals surface area contributed by atoms with E-state index in [1.165, 1.54) is 0 Å². The van der Waals surface area contributed by atoms with Gasteiger partial charge < -0.3 is 16.4 Å². The Morgan fingerprint density at radius 1 is 0.750 bits per heavy atom. The molecule has 0 saturated heterocycles. The maximum Gasteiger partial charge on any atom is 1.00 e. The molecule has 0 unspecified atom stereocenters. The van der Waals surface area contributed by atoms with Crippen molar-refractivity contribution < 1.29 is 35.3 Å². The quantitative estimate of drug-likeness (QED) is 0.258. The maximum atomic E-state index is 0. The van der Waals surface area contributed by atoms with Crippen molar-refractivity contribution in [3.63, 3.8) is 0 Å². The molecule has 0 rings (SSSR count). The SMILES string of the molecule is O.O.[Li+].[OH-]. The van der Waals surface area contributed by atoms with E-state index in [2.05, 4.69) is 0 Å². The third kappa shape index (κ3) is 23.7. The molecule has 0 bridgehead atoms. The predicted octanol–water partition coefficient (Wildman–Crippen LogP) is -4.82. The summed E-state index contributed by atoms with van der Waals surface area (Å²) in [6.45, 7) is 0. The van der Waals surface area contributed by atoms with Crippen molar-refractivity contribution in [2.75, 3.05) is 0 Å². The van der Waals surface area contributed by atoms with Crippen LogP contribution in [0.1, 0.15) is 0 Å². The monoisotopic (exact) mass is 60.0 g/mol. The van der Waals surface area contributed by atoms with Crippen molar-refractivity contribution in [3.8, 4) is 0 Å². The molecule has 0 aromatic rings. The molecule has 0 atom stereocenters. The van der Waals surface area contributed by atoms with Gasteiger partial charge in [-0.3, -0.25) is 0 Å². The smallest absolute Gasteiger partial charge is 0.870 e. The Bertz CT molecular complexity index is 3.25. The van der Waals surface area contributed by atoms with E-state index in [0.717, 1.165) is 0 Å². The number of hydrogen-bond acceptors (Lipinski definition) is 1. The van der Waals surface area contributed by atoms with Gasteiger partial charge in [0.2, 0.25) is 0 Å². The second-order valence-corrected chi connectivity index (χ2v) is 0. The van der Waals surface area contributed by atoms with E-state index in [4.69, 9.17) is 0 Å². The van der Waals surface area contributed by atoms with Crippen LogP contribution in [0.3, 0.4) is 0 Å². The van der Waals surface area contributed by atoms with Crippen molar-refractivity contribution in [1.82, 2.24) is 0 Å². The molecule has 0 saturated carbocycles. The molecular formula is H5LiO3. The van der Waals surface area contributed by atoms with Crippen LogP contribution in [0.15, 0.2) is 0 Å². The summed E-state index contributed by atoms with van der Waals surface area (Å²) in [5.74, 6) is 0. The van der Waals surface area contributed by atoms with E-state index in [1.54, 1.807) is 0 Å².